The summed E-state index contributed by atoms with van der Waals surface area (Å²) >= 11 is 0. The van der Waals surface area contributed by atoms with E-state index in [-0.39, 0.29) is 18.4 Å². The van der Waals surface area contributed by atoms with Gasteiger partial charge in [0.25, 0.3) is 0 Å². The lowest BCUT2D eigenvalue weighted by Crippen LogP contribution is -2.32. The van der Waals surface area contributed by atoms with Crippen LogP contribution >= 0.6 is 0 Å². The molecule has 0 spiro atoms. The van der Waals surface area contributed by atoms with Gasteiger partial charge in [0.1, 0.15) is 5.76 Å². The van der Waals surface area contributed by atoms with E-state index in [1.54, 1.807) is 6.20 Å². The first-order valence-electron chi connectivity index (χ1n) is 8.70. The lowest BCUT2D eigenvalue weighted by atomic mass is 10.0. The Bertz CT molecular complexity index is 851. The topological polar surface area (TPSA) is 68.0 Å². The van der Waals surface area contributed by atoms with Gasteiger partial charge < -0.3 is 9.84 Å². The Morgan fingerprint density at radius 3 is 2.50 bits per heavy atom. The third kappa shape index (κ3) is 4.36. The molecule has 1 N–H and O–H groups in total. The van der Waals surface area contributed by atoms with Crippen molar-refractivity contribution in [2.45, 2.75) is 39.7 Å². The van der Waals surface area contributed by atoms with Crippen molar-refractivity contribution in [3.8, 4) is 0 Å². The Morgan fingerprint density at radius 1 is 1.12 bits per heavy atom. The van der Waals surface area contributed by atoms with Crippen molar-refractivity contribution in [2.75, 3.05) is 0 Å². The van der Waals surface area contributed by atoms with Crippen LogP contribution in [0.15, 0.2) is 53.2 Å². The van der Waals surface area contributed by atoms with Crippen molar-refractivity contribution in [1.29, 1.82) is 0 Å². The molecule has 5 nitrogen and oxygen atoms in total. The molecule has 0 aliphatic carbocycles. The molecule has 1 amide bonds. The maximum atomic E-state index is 12.6. The monoisotopic (exact) mass is 349 g/mol. The van der Waals surface area contributed by atoms with Gasteiger partial charge in [-0.1, -0.05) is 41.1 Å². The van der Waals surface area contributed by atoms with Crippen LogP contribution in [0.2, 0.25) is 0 Å². The van der Waals surface area contributed by atoms with E-state index < -0.39 is 0 Å². The van der Waals surface area contributed by atoms with Gasteiger partial charge >= 0.3 is 0 Å². The molecule has 0 aliphatic heterocycles. The van der Waals surface area contributed by atoms with Gasteiger partial charge in [-0.15, -0.1) is 0 Å². The Labute approximate surface area is 153 Å². The molecular weight excluding hydrogens is 326 g/mol. The zero-order valence-electron chi connectivity index (χ0n) is 15.3. The fraction of sp³-hybridized carbons (Fsp3) is 0.286. The molecule has 2 aromatic heterocycles. The molecule has 0 bridgehead atoms. The molecule has 3 aromatic rings. The Kier molecular flexibility index (Phi) is 5.46. The summed E-state index contributed by atoms with van der Waals surface area (Å²) in [7, 11) is 0. The number of nitrogens with zero attached hydrogens (tertiary/aromatic N) is 2. The molecule has 3 rings (SSSR count). The van der Waals surface area contributed by atoms with Crippen molar-refractivity contribution in [3.05, 3.63) is 82.5 Å². The largest absolute Gasteiger partial charge is 0.361 e. The summed E-state index contributed by atoms with van der Waals surface area (Å²) in [4.78, 5) is 17.1. The summed E-state index contributed by atoms with van der Waals surface area (Å²) in [5.74, 6) is 0.618. The first-order chi connectivity index (χ1) is 12.5. The summed E-state index contributed by atoms with van der Waals surface area (Å²) in [6.45, 7) is 5.73. The number of aromatic nitrogens is 2. The molecule has 0 radical (unpaired) electrons. The first-order valence-corrected chi connectivity index (χ1v) is 8.70. The summed E-state index contributed by atoms with van der Waals surface area (Å²) in [5.41, 5.74) is 4.82. The predicted molar refractivity (Wildman–Crippen MR) is 99.7 cm³/mol. The van der Waals surface area contributed by atoms with E-state index in [1.807, 2.05) is 32.0 Å². The molecule has 0 aliphatic rings. The maximum Gasteiger partial charge on any atom is 0.225 e. The van der Waals surface area contributed by atoms with E-state index in [1.165, 1.54) is 5.56 Å². The molecule has 0 unspecified atom stereocenters. The molecule has 0 saturated heterocycles. The van der Waals surface area contributed by atoms with Crippen LogP contribution in [0.25, 0.3) is 0 Å². The fourth-order valence-corrected chi connectivity index (χ4v) is 2.93. The molecule has 134 valence electrons. The van der Waals surface area contributed by atoms with Crippen LogP contribution in [0.4, 0.5) is 0 Å². The lowest BCUT2D eigenvalue weighted by molar-refractivity contribution is -0.121. The van der Waals surface area contributed by atoms with E-state index >= 15 is 0 Å². The van der Waals surface area contributed by atoms with Crippen molar-refractivity contribution < 1.29 is 9.32 Å². The van der Waals surface area contributed by atoms with Gasteiger partial charge in [-0.05, 0) is 44.9 Å². The van der Waals surface area contributed by atoms with Crippen LogP contribution < -0.4 is 5.32 Å². The third-order valence-corrected chi connectivity index (χ3v) is 4.46. The molecule has 1 atom stereocenters. The third-order valence-electron chi connectivity index (χ3n) is 4.46. The normalized spacial score (nSPS) is 12.0. The Hall–Kier alpha value is -2.95. The minimum Gasteiger partial charge on any atom is -0.361 e. The molecule has 0 fully saturated rings. The van der Waals surface area contributed by atoms with Gasteiger partial charge in [0.15, 0.2) is 0 Å². The molecule has 0 saturated carbocycles. The van der Waals surface area contributed by atoms with Gasteiger partial charge in [0, 0.05) is 11.8 Å². The smallest absolute Gasteiger partial charge is 0.225 e. The van der Waals surface area contributed by atoms with E-state index in [4.69, 9.17) is 4.52 Å². The van der Waals surface area contributed by atoms with Gasteiger partial charge in [0.2, 0.25) is 5.91 Å². The number of hydrogen-bond donors (Lipinski definition) is 1. The van der Waals surface area contributed by atoms with Crippen molar-refractivity contribution in [1.82, 2.24) is 15.5 Å². The summed E-state index contributed by atoms with van der Waals surface area (Å²) in [6.07, 6.45) is 2.68. The van der Waals surface area contributed by atoms with E-state index in [9.17, 15) is 4.79 Å². The SMILES string of the molecule is Cc1ccc(C[C@@H](NC(=O)Cc2c(C)noc2C)c2ccccn2)cc1. The highest BCUT2D eigenvalue weighted by Crippen LogP contribution is 2.18. The number of carbonyl (C=O) groups is 1. The number of carbonyl (C=O) groups excluding carboxylic acids is 1. The number of hydrogen-bond acceptors (Lipinski definition) is 4. The van der Waals surface area contributed by atoms with Crippen LogP contribution in [0.5, 0.6) is 0 Å². The highest BCUT2D eigenvalue weighted by Gasteiger charge is 2.19. The summed E-state index contributed by atoms with van der Waals surface area (Å²) in [5, 5.41) is 7.03. The average Bonchev–Trinajstić information content (AvgIpc) is 2.95. The number of amides is 1. The summed E-state index contributed by atoms with van der Waals surface area (Å²) < 4.78 is 5.15. The van der Waals surface area contributed by atoms with Gasteiger partial charge in [-0.3, -0.25) is 9.78 Å². The standard InChI is InChI=1S/C21H23N3O2/c1-14-7-9-17(10-8-14)12-20(19-6-4-5-11-22-19)23-21(25)13-18-15(2)24-26-16(18)3/h4-11,20H,12-13H2,1-3H3,(H,23,25)/t20-/m1/s1. The van der Waals surface area contributed by atoms with Crippen LogP contribution in [0.1, 0.15) is 39.9 Å². The summed E-state index contributed by atoms with van der Waals surface area (Å²) in [6, 6.07) is 13.9. The van der Waals surface area contributed by atoms with Crippen LogP contribution in [-0.2, 0) is 17.6 Å². The van der Waals surface area contributed by atoms with Crippen LogP contribution in [0.3, 0.4) is 0 Å². The number of benzene rings is 1. The minimum atomic E-state index is -0.188. The van der Waals surface area contributed by atoms with Gasteiger partial charge in [0.05, 0.1) is 23.9 Å². The number of aryl methyl sites for hydroxylation is 3. The highest BCUT2D eigenvalue weighted by atomic mass is 16.5. The Morgan fingerprint density at radius 2 is 1.88 bits per heavy atom. The fourth-order valence-electron chi connectivity index (χ4n) is 2.93. The predicted octanol–water partition coefficient (Wildman–Crippen LogP) is 3.64. The zero-order chi connectivity index (χ0) is 18.5. The van der Waals surface area contributed by atoms with Crippen LogP contribution in [-0.4, -0.2) is 16.0 Å². The number of nitrogens with one attached hydrogen (secondary N) is 1. The molecule has 5 heteroatoms. The molecular formula is C21H23N3O2. The van der Waals surface area contributed by atoms with Crippen molar-refractivity contribution >= 4 is 5.91 Å². The van der Waals surface area contributed by atoms with Gasteiger partial charge in [-0.2, -0.15) is 0 Å². The van der Waals surface area contributed by atoms with Gasteiger partial charge in [-0.25, -0.2) is 0 Å². The average molecular weight is 349 g/mol. The maximum absolute atomic E-state index is 12.6. The van der Waals surface area contributed by atoms with Crippen molar-refractivity contribution in [3.63, 3.8) is 0 Å². The first kappa shape index (κ1) is 17.9. The second-order valence-corrected chi connectivity index (χ2v) is 6.54. The second-order valence-electron chi connectivity index (χ2n) is 6.54. The van der Waals surface area contributed by atoms with E-state index in [0.29, 0.717) is 12.2 Å². The number of rotatable bonds is 6. The quantitative estimate of drug-likeness (QED) is 0.738. The van der Waals surface area contributed by atoms with Crippen LogP contribution in [0, 0.1) is 20.8 Å². The van der Waals surface area contributed by atoms with Crippen molar-refractivity contribution in [2.24, 2.45) is 0 Å². The van der Waals surface area contributed by atoms with E-state index in [2.05, 4.69) is 46.6 Å². The van der Waals surface area contributed by atoms with E-state index in [0.717, 1.165) is 22.5 Å². The molecule has 2 heterocycles. The molecule has 1 aromatic carbocycles. The molecule has 26 heavy (non-hydrogen) atoms. The zero-order valence-corrected chi connectivity index (χ0v) is 15.3. The minimum absolute atomic E-state index is 0.0674. The Balaban J connectivity index is 1.77. The number of pyridine rings is 1. The second kappa shape index (κ2) is 7.95. The highest BCUT2D eigenvalue weighted by molar-refractivity contribution is 5.79. The lowest BCUT2D eigenvalue weighted by Gasteiger charge is -2.19.